The van der Waals surface area contributed by atoms with Crippen molar-refractivity contribution in [1.82, 2.24) is 5.32 Å². The number of benzene rings is 1. The fourth-order valence-electron chi connectivity index (χ4n) is 1.63. The van der Waals surface area contributed by atoms with E-state index in [0.29, 0.717) is 16.9 Å². The fraction of sp³-hybridized carbons (Fsp3) is 0.438. The molecule has 0 radical (unpaired) electrons. The van der Waals surface area contributed by atoms with Crippen LogP contribution in [-0.4, -0.2) is 51.5 Å². The average Bonchev–Trinajstić information content (AvgIpc) is 2.46. The number of carboxylic acid groups (broad SMARTS) is 1. The Kier molecular flexibility index (Phi) is 6.62. The molecular weight excluding hydrogens is 316 g/mol. The zero-order valence-electron chi connectivity index (χ0n) is 13.7. The van der Waals surface area contributed by atoms with Crippen LogP contribution in [0.4, 0.5) is 0 Å². The summed E-state index contributed by atoms with van der Waals surface area (Å²) < 4.78 is 0.848. The van der Waals surface area contributed by atoms with Gasteiger partial charge in [-0.25, -0.2) is 9.53 Å². The van der Waals surface area contributed by atoms with Crippen LogP contribution in [0, 0.1) is 5.21 Å². The van der Waals surface area contributed by atoms with Gasteiger partial charge in [-0.1, -0.05) is 0 Å². The summed E-state index contributed by atoms with van der Waals surface area (Å²) in [5.74, 6) is -1.22. The number of carboxylic acids is 1. The molecule has 0 saturated heterocycles. The van der Waals surface area contributed by atoms with Crippen LogP contribution in [0.5, 0.6) is 0 Å². The highest BCUT2D eigenvalue weighted by molar-refractivity contribution is 7.98. The van der Waals surface area contributed by atoms with E-state index in [4.69, 9.17) is 5.11 Å². The zero-order chi connectivity index (χ0) is 17.6. The van der Waals surface area contributed by atoms with Gasteiger partial charge in [-0.15, -0.1) is 0 Å². The number of hydroxylamine groups is 1. The number of nitrogens with zero attached hydrogens (tertiary/aromatic N) is 1. The van der Waals surface area contributed by atoms with Crippen LogP contribution >= 0.6 is 11.8 Å². The number of carbonyl (C=O) groups excluding carboxylic acids is 1. The monoisotopic (exact) mass is 338 g/mol. The minimum absolute atomic E-state index is 0.295. The predicted molar refractivity (Wildman–Crippen MR) is 92.3 cm³/mol. The van der Waals surface area contributed by atoms with E-state index < -0.39 is 23.5 Å². The lowest BCUT2D eigenvalue weighted by Gasteiger charge is -2.18. The maximum Gasteiger partial charge on any atom is 0.327 e. The van der Waals surface area contributed by atoms with Gasteiger partial charge in [0.2, 0.25) is 0 Å². The molecule has 126 valence electrons. The van der Waals surface area contributed by atoms with Crippen molar-refractivity contribution in [3.8, 4) is 0 Å². The third-order valence-corrected chi connectivity index (χ3v) is 3.70. The summed E-state index contributed by atoms with van der Waals surface area (Å²) in [6.07, 6.45) is 3.23. The summed E-state index contributed by atoms with van der Waals surface area (Å²) in [6, 6.07) is 5.50. The van der Waals surface area contributed by atoms with Crippen molar-refractivity contribution >= 4 is 29.9 Å². The van der Waals surface area contributed by atoms with Gasteiger partial charge >= 0.3 is 5.97 Å². The molecular formula is C16H22N2O4S. The summed E-state index contributed by atoms with van der Waals surface area (Å²) >= 11 is 1.35. The molecule has 0 aliphatic carbocycles. The Hall–Kier alpha value is -2.02. The second-order valence-corrected chi connectivity index (χ2v) is 6.98. The van der Waals surface area contributed by atoms with Gasteiger partial charge < -0.3 is 15.6 Å². The Labute approximate surface area is 140 Å². The van der Waals surface area contributed by atoms with Crippen molar-refractivity contribution in [2.24, 2.45) is 0 Å². The summed E-state index contributed by atoms with van der Waals surface area (Å²) in [5.41, 5.74) is 0.482. The van der Waals surface area contributed by atoms with Crippen LogP contribution in [0.2, 0.25) is 0 Å². The first-order valence-electron chi connectivity index (χ1n) is 7.09. The number of amides is 1. The molecule has 0 aliphatic heterocycles. The molecule has 0 aromatic heterocycles. The second-order valence-electron chi connectivity index (χ2n) is 6.07. The van der Waals surface area contributed by atoms with Crippen LogP contribution < -0.4 is 5.32 Å². The molecule has 1 aromatic rings. The highest BCUT2D eigenvalue weighted by Gasteiger charge is 2.20. The van der Waals surface area contributed by atoms with Crippen LogP contribution in [0.15, 0.2) is 24.3 Å². The van der Waals surface area contributed by atoms with Crippen LogP contribution in [0.3, 0.4) is 0 Å². The van der Waals surface area contributed by atoms with Crippen molar-refractivity contribution < 1.29 is 19.4 Å². The Bertz CT molecular complexity index is 591. The van der Waals surface area contributed by atoms with Crippen molar-refractivity contribution in [3.05, 3.63) is 40.6 Å². The van der Waals surface area contributed by atoms with Gasteiger partial charge in [0.05, 0.1) is 0 Å². The lowest BCUT2D eigenvalue weighted by atomic mass is 10.1. The summed E-state index contributed by atoms with van der Waals surface area (Å²) in [5, 5.41) is 23.4. The fourth-order valence-corrected chi connectivity index (χ4v) is 2.19. The number of aliphatic carboxylic acids is 1. The number of rotatable bonds is 6. The van der Waals surface area contributed by atoms with E-state index in [2.05, 4.69) is 5.32 Å². The van der Waals surface area contributed by atoms with Crippen LogP contribution in [-0.2, 0) is 4.79 Å². The Balaban J connectivity index is 2.84. The van der Waals surface area contributed by atoms with Crippen LogP contribution in [0.25, 0.3) is 0 Å². The number of hydrogen-bond acceptors (Lipinski definition) is 4. The first-order valence-corrected chi connectivity index (χ1v) is 8.48. The molecule has 0 spiro atoms. The third-order valence-electron chi connectivity index (χ3n) is 3.04. The van der Waals surface area contributed by atoms with Gasteiger partial charge in [0, 0.05) is 37.7 Å². The third kappa shape index (κ3) is 5.94. The number of hydrogen-bond donors (Lipinski definition) is 2. The molecule has 23 heavy (non-hydrogen) atoms. The van der Waals surface area contributed by atoms with Crippen molar-refractivity contribution in [2.45, 2.75) is 32.4 Å². The summed E-state index contributed by atoms with van der Waals surface area (Å²) in [4.78, 5) is 23.1. The number of nitrogens with one attached hydrogen (secondary N) is 1. The van der Waals surface area contributed by atoms with Crippen molar-refractivity contribution in [2.75, 3.05) is 12.0 Å². The van der Waals surface area contributed by atoms with E-state index in [-0.39, 0.29) is 0 Å². The smallest absolute Gasteiger partial charge is 0.327 e. The molecule has 0 bridgehead atoms. The summed E-state index contributed by atoms with van der Waals surface area (Å²) in [6.45, 7) is 5.41. The number of carbonyl (C=O) groups is 2. The van der Waals surface area contributed by atoms with Crippen molar-refractivity contribution in [3.63, 3.8) is 0 Å². The Morgan fingerprint density at radius 2 is 1.91 bits per heavy atom. The molecule has 0 saturated carbocycles. The molecule has 6 nitrogen and oxygen atoms in total. The first kappa shape index (κ1) is 19.0. The van der Waals surface area contributed by atoms with E-state index in [1.165, 1.54) is 18.0 Å². The first-order chi connectivity index (χ1) is 10.6. The van der Waals surface area contributed by atoms with Gasteiger partial charge in [-0.05, 0) is 30.5 Å². The SMILES string of the molecule is CSC[C@H](NC(=O)c1ccc(/C=[N+](/[O-])C(C)(C)C)cc1)C(=O)O. The quantitative estimate of drug-likeness (QED) is 0.358. The minimum Gasteiger partial charge on any atom is -0.623 e. The van der Waals surface area contributed by atoms with Gasteiger partial charge in [0.25, 0.3) is 5.91 Å². The van der Waals surface area contributed by atoms with E-state index in [0.717, 1.165) is 4.74 Å². The molecule has 1 rings (SSSR count). The zero-order valence-corrected chi connectivity index (χ0v) is 14.5. The Morgan fingerprint density at radius 3 is 2.35 bits per heavy atom. The molecule has 0 aliphatic rings. The summed E-state index contributed by atoms with van der Waals surface area (Å²) in [7, 11) is 0. The second kappa shape index (κ2) is 8.01. The van der Waals surface area contributed by atoms with Gasteiger partial charge in [-0.3, -0.25) is 4.79 Å². The molecule has 1 atom stereocenters. The van der Waals surface area contributed by atoms with E-state index in [1.54, 1.807) is 51.3 Å². The van der Waals surface area contributed by atoms with E-state index in [1.807, 2.05) is 0 Å². The standard InChI is InChI=1S/C16H22N2O4S/c1-16(2,3)18(22)9-11-5-7-12(8-6-11)14(19)17-13(10-23-4)15(20)21/h5-9,13H,10H2,1-4H3,(H,17,19)(H,20,21)/b18-9+/t13-/m0/s1. The predicted octanol–water partition coefficient (Wildman–Crippen LogP) is 1.96. The molecule has 0 unspecified atom stereocenters. The molecule has 0 fully saturated rings. The van der Waals surface area contributed by atoms with E-state index >= 15 is 0 Å². The normalized spacial score (nSPS) is 13.5. The molecule has 0 heterocycles. The van der Waals surface area contributed by atoms with Crippen LogP contribution in [0.1, 0.15) is 36.7 Å². The number of thioether (sulfide) groups is 1. The highest BCUT2D eigenvalue weighted by atomic mass is 32.2. The maximum absolute atomic E-state index is 12.1. The van der Waals surface area contributed by atoms with Crippen molar-refractivity contribution in [1.29, 1.82) is 0 Å². The van der Waals surface area contributed by atoms with Gasteiger partial charge in [-0.2, -0.15) is 11.8 Å². The molecule has 1 amide bonds. The van der Waals surface area contributed by atoms with Gasteiger partial charge in [0.15, 0.2) is 11.8 Å². The topological polar surface area (TPSA) is 92.5 Å². The largest absolute Gasteiger partial charge is 0.623 e. The molecule has 7 heteroatoms. The lowest BCUT2D eigenvalue weighted by molar-refractivity contribution is -0.530. The maximum atomic E-state index is 12.1. The van der Waals surface area contributed by atoms with Gasteiger partial charge in [0.1, 0.15) is 6.04 Å². The minimum atomic E-state index is -1.06. The average molecular weight is 338 g/mol. The molecule has 1 aromatic carbocycles. The van der Waals surface area contributed by atoms with E-state index in [9.17, 15) is 14.8 Å². The Morgan fingerprint density at radius 1 is 1.35 bits per heavy atom. The highest BCUT2D eigenvalue weighted by Crippen LogP contribution is 2.08. The molecule has 2 N–H and O–H groups in total. The lowest BCUT2D eigenvalue weighted by Crippen LogP contribution is -2.42.